The minimum absolute atomic E-state index is 0.00924. The number of esters is 1. The Balaban J connectivity index is 1.64. The number of nitrogens with zero attached hydrogens (tertiary/aromatic N) is 3. The van der Waals surface area contributed by atoms with Crippen LogP contribution in [0.15, 0.2) is 35.4 Å². The first-order valence-electron chi connectivity index (χ1n) is 7.83. The lowest BCUT2D eigenvalue weighted by atomic mass is 9.96. The van der Waals surface area contributed by atoms with Crippen LogP contribution in [0, 0.1) is 5.92 Å². The number of carbonyl (C=O) groups excluding carboxylic acids is 1. The number of aromatic amines is 1. The van der Waals surface area contributed by atoms with Crippen molar-refractivity contribution in [3.8, 4) is 5.69 Å². The van der Waals surface area contributed by atoms with Crippen molar-refractivity contribution < 1.29 is 9.53 Å². The first-order chi connectivity index (χ1) is 11.2. The molecule has 1 saturated heterocycles. The number of H-pyrrole nitrogens is 1. The number of benzene rings is 1. The van der Waals surface area contributed by atoms with Gasteiger partial charge in [-0.2, -0.15) is 5.10 Å². The molecule has 7 nitrogen and oxygen atoms in total. The van der Waals surface area contributed by atoms with Crippen molar-refractivity contribution in [2.45, 2.75) is 19.8 Å². The van der Waals surface area contributed by atoms with E-state index in [4.69, 9.17) is 4.74 Å². The first-order valence-corrected chi connectivity index (χ1v) is 7.83. The lowest BCUT2D eigenvalue weighted by Gasteiger charge is -2.32. The molecule has 7 heteroatoms. The lowest BCUT2D eigenvalue weighted by molar-refractivity contribution is -0.148. The Bertz CT molecular complexity index is 711. The number of rotatable bonds is 4. The van der Waals surface area contributed by atoms with E-state index in [0.717, 1.165) is 37.3 Å². The normalized spacial score (nSPS) is 15.6. The van der Waals surface area contributed by atoms with Gasteiger partial charge in [-0.05, 0) is 44.0 Å². The third-order valence-corrected chi connectivity index (χ3v) is 4.16. The number of hydrogen-bond acceptors (Lipinski definition) is 5. The van der Waals surface area contributed by atoms with Crippen LogP contribution in [-0.2, 0) is 9.53 Å². The van der Waals surface area contributed by atoms with Crippen LogP contribution in [0.1, 0.15) is 19.8 Å². The van der Waals surface area contributed by atoms with Crippen molar-refractivity contribution in [2.24, 2.45) is 5.92 Å². The minimum atomic E-state index is -0.256. The maximum Gasteiger partial charge on any atom is 0.347 e. The van der Waals surface area contributed by atoms with Gasteiger partial charge < -0.3 is 9.64 Å². The molecule has 0 radical (unpaired) electrons. The third-order valence-electron chi connectivity index (χ3n) is 4.16. The molecule has 0 bridgehead atoms. The Morgan fingerprint density at radius 1 is 1.26 bits per heavy atom. The van der Waals surface area contributed by atoms with Crippen LogP contribution in [0.4, 0.5) is 5.69 Å². The summed E-state index contributed by atoms with van der Waals surface area (Å²) < 4.78 is 6.55. The van der Waals surface area contributed by atoms with E-state index >= 15 is 0 Å². The Morgan fingerprint density at radius 3 is 2.48 bits per heavy atom. The van der Waals surface area contributed by atoms with Crippen molar-refractivity contribution >= 4 is 11.7 Å². The van der Waals surface area contributed by atoms with Gasteiger partial charge in [0.25, 0.3) is 0 Å². The van der Waals surface area contributed by atoms with E-state index in [1.165, 1.54) is 10.9 Å². The van der Waals surface area contributed by atoms with E-state index in [1.54, 1.807) is 0 Å². The summed E-state index contributed by atoms with van der Waals surface area (Å²) in [6.07, 6.45) is 3.08. The summed E-state index contributed by atoms with van der Waals surface area (Å²) in [7, 11) is 0. The summed E-state index contributed by atoms with van der Waals surface area (Å²) in [6, 6.07) is 7.76. The topological polar surface area (TPSA) is 80.2 Å². The van der Waals surface area contributed by atoms with Crippen LogP contribution < -0.4 is 10.6 Å². The van der Waals surface area contributed by atoms with Gasteiger partial charge in [-0.3, -0.25) is 4.79 Å². The molecular weight excluding hydrogens is 296 g/mol. The predicted molar refractivity (Wildman–Crippen MR) is 85.8 cm³/mol. The zero-order valence-corrected chi connectivity index (χ0v) is 13.1. The monoisotopic (exact) mass is 316 g/mol. The number of nitrogens with one attached hydrogen (secondary N) is 1. The number of anilines is 1. The molecule has 1 N–H and O–H groups in total. The standard InChI is InChI=1S/C16H20N4O3/c1-2-23-15(21)12-7-9-19(10-8-12)13-3-5-14(6-4-13)20-11-17-18-16(20)22/h3-6,11-12H,2,7-10H2,1H3,(H,18,22). The van der Waals surface area contributed by atoms with E-state index in [1.807, 2.05) is 31.2 Å². The van der Waals surface area contributed by atoms with Gasteiger partial charge in [-0.25, -0.2) is 14.5 Å². The second-order valence-corrected chi connectivity index (χ2v) is 5.56. The average molecular weight is 316 g/mol. The second kappa shape index (κ2) is 6.68. The smallest absolute Gasteiger partial charge is 0.347 e. The molecule has 2 heterocycles. The number of hydrogen-bond donors (Lipinski definition) is 1. The molecule has 0 atom stereocenters. The van der Waals surface area contributed by atoms with Gasteiger partial charge in [0, 0.05) is 18.8 Å². The molecule has 1 aromatic carbocycles. The molecule has 0 aliphatic carbocycles. The number of aromatic nitrogens is 3. The summed E-state index contributed by atoms with van der Waals surface area (Å²) in [5.74, 6) is -0.0724. The van der Waals surface area contributed by atoms with Crippen LogP contribution in [0.2, 0.25) is 0 Å². The van der Waals surface area contributed by atoms with E-state index < -0.39 is 0 Å². The largest absolute Gasteiger partial charge is 0.466 e. The van der Waals surface area contributed by atoms with Gasteiger partial charge in [-0.1, -0.05) is 0 Å². The summed E-state index contributed by atoms with van der Waals surface area (Å²) in [5.41, 5.74) is 1.61. The highest BCUT2D eigenvalue weighted by Crippen LogP contribution is 2.24. The van der Waals surface area contributed by atoms with Crippen LogP contribution in [0.5, 0.6) is 0 Å². The quantitative estimate of drug-likeness (QED) is 0.861. The van der Waals surface area contributed by atoms with Crippen LogP contribution in [0.25, 0.3) is 5.69 Å². The molecule has 0 amide bonds. The van der Waals surface area contributed by atoms with Crippen LogP contribution in [-0.4, -0.2) is 40.4 Å². The van der Waals surface area contributed by atoms with Crippen molar-refractivity contribution in [3.05, 3.63) is 41.1 Å². The van der Waals surface area contributed by atoms with E-state index in [2.05, 4.69) is 15.1 Å². The van der Waals surface area contributed by atoms with Gasteiger partial charge in [0.15, 0.2) is 0 Å². The van der Waals surface area contributed by atoms with Gasteiger partial charge >= 0.3 is 11.7 Å². The van der Waals surface area contributed by atoms with Gasteiger partial charge in [0.1, 0.15) is 6.33 Å². The lowest BCUT2D eigenvalue weighted by Crippen LogP contribution is -2.36. The number of piperidine rings is 1. The third kappa shape index (κ3) is 3.28. The highest BCUT2D eigenvalue weighted by atomic mass is 16.5. The Kier molecular flexibility index (Phi) is 4.45. The fourth-order valence-electron chi connectivity index (χ4n) is 2.89. The predicted octanol–water partition coefficient (Wildman–Crippen LogP) is 1.34. The summed E-state index contributed by atoms with van der Waals surface area (Å²) in [6.45, 7) is 3.93. The number of ether oxygens (including phenoxy) is 1. The molecule has 0 unspecified atom stereocenters. The fourth-order valence-corrected chi connectivity index (χ4v) is 2.89. The summed E-state index contributed by atoms with van der Waals surface area (Å²) >= 11 is 0. The maximum atomic E-state index is 11.8. The summed E-state index contributed by atoms with van der Waals surface area (Å²) in [5, 5.41) is 6.10. The molecule has 122 valence electrons. The van der Waals surface area contributed by atoms with E-state index in [9.17, 15) is 9.59 Å². The van der Waals surface area contributed by atoms with Crippen molar-refractivity contribution in [1.29, 1.82) is 0 Å². The average Bonchev–Trinajstić information content (AvgIpc) is 3.01. The highest BCUT2D eigenvalue weighted by Gasteiger charge is 2.26. The van der Waals surface area contributed by atoms with Gasteiger partial charge in [0.2, 0.25) is 0 Å². The van der Waals surface area contributed by atoms with E-state index in [-0.39, 0.29) is 17.6 Å². The molecule has 0 saturated carbocycles. The molecule has 1 aromatic heterocycles. The zero-order valence-electron chi connectivity index (χ0n) is 13.1. The van der Waals surface area contributed by atoms with Crippen molar-refractivity contribution in [1.82, 2.24) is 14.8 Å². The van der Waals surface area contributed by atoms with Gasteiger partial charge in [-0.15, -0.1) is 0 Å². The second-order valence-electron chi connectivity index (χ2n) is 5.56. The molecule has 1 fully saturated rings. The molecule has 1 aliphatic heterocycles. The minimum Gasteiger partial charge on any atom is -0.466 e. The molecule has 3 rings (SSSR count). The Hall–Kier alpha value is -2.57. The van der Waals surface area contributed by atoms with Crippen LogP contribution >= 0.6 is 0 Å². The van der Waals surface area contributed by atoms with Crippen molar-refractivity contribution in [3.63, 3.8) is 0 Å². The molecule has 23 heavy (non-hydrogen) atoms. The summed E-state index contributed by atoms with van der Waals surface area (Å²) in [4.78, 5) is 25.6. The maximum absolute atomic E-state index is 11.8. The van der Waals surface area contributed by atoms with Crippen molar-refractivity contribution in [2.75, 3.05) is 24.6 Å². The molecule has 2 aromatic rings. The first kappa shape index (κ1) is 15.3. The molecular formula is C16H20N4O3. The fraction of sp³-hybridized carbons (Fsp3) is 0.438. The molecule has 1 aliphatic rings. The Labute approximate surface area is 133 Å². The highest BCUT2D eigenvalue weighted by molar-refractivity contribution is 5.73. The zero-order chi connectivity index (χ0) is 16.2. The van der Waals surface area contributed by atoms with Crippen LogP contribution in [0.3, 0.4) is 0 Å². The number of carbonyl (C=O) groups is 1. The molecule has 0 spiro atoms. The van der Waals surface area contributed by atoms with E-state index in [0.29, 0.717) is 6.61 Å². The SMILES string of the molecule is CCOC(=O)C1CCN(c2ccc(-n3cn[nH]c3=O)cc2)CC1. The van der Waals surface area contributed by atoms with Gasteiger partial charge in [0.05, 0.1) is 18.2 Å². The Morgan fingerprint density at radius 2 is 1.91 bits per heavy atom.